The van der Waals surface area contributed by atoms with Crippen LogP contribution < -0.4 is 10.1 Å². The molecule has 6 heteroatoms. The van der Waals surface area contributed by atoms with Crippen LogP contribution in [0.3, 0.4) is 0 Å². The van der Waals surface area contributed by atoms with E-state index in [9.17, 15) is 9.59 Å². The summed E-state index contributed by atoms with van der Waals surface area (Å²) in [5.41, 5.74) is 1.62. The van der Waals surface area contributed by atoms with Gasteiger partial charge in [0.25, 0.3) is 11.8 Å². The lowest BCUT2D eigenvalue weighted by Gasteiger charge is -2.32. The van der Waals surface area contributed by atoms with Crippen LogP contribution in [0.1, 0.15) is 28.8 Å². The van der Waals surface area contributed by atoms with Crippen LogP contribution in [0.5, 0.6) is 5.75 Å². The summed E-state index contributed by atoms with van der Waals surface area (Å²) < 4.78 is 5.56. The predicted molar refractivity (Wildman–Crippen MR) is 105 cm³/mol. The fourth-order valence-corrected chi connectivity index (χ4v) is 3.27. The van der Waals surface area contributed by atoms with Crippen molar-refractivity contribution >= 4 is 23.4 Å². The third-order valence-electron chi connectivity index (χ3n) is 4.68. The second-order valence-corrected chi connectivity index (χ2v) is 7.12. The number of carbonyl (C=O) groups excluding carboxylic acids is 2. The average molecular weight is 387 g/mol. The molecule has 1 aliphatic heterocycles. The van der Waals surface area contributed by atoms with Crippen LogP contribution in [0.2, 0.25) is 5.02 Å². The summed E-state index contributed by atoms with van der Waals surface area (Å²) in [4.78, 5) is 26.4. The molecule has 3 rings (SSSR count). The number of amides is 2. The number of hydrogen-bond donors (Lipinski definition) is 1. The van der Waals surface area contributed by atoms with Gasteiger partial charge in [0.05, 0.1) is 10.6 Å². The maximum atomic E-state index is 12.3. The fourth-order valence-electron chi connectivity index (χ4n) is 3.05. The summed E-state index contributed by atoms with van der Waals surface area (Å²) in [6.07, 6.45) is 1.43. The molecule has 27 heavy (non-hydrogen) atoms. The second-order valence-electron chi connectivity index (χ2n) is 6.71. The monoisotopic (exact) mass is 386 g/mol. The van der Waals surface area contributed by atoms with Crippen molar-refractivity contribution in [1.29, 1.82) is 0 Å². The quantitative estimate of drug-likeness (QED) is 0.856. The first-order chi connectivity index (χ1) is 13.0. The number of nitrogens with one attached hydrogen (secondary N) is 1. The summed E-state index contributed by atoms with van der Waals surface area (Å²) in [6.45, 7) is 3.23. The van der Waals surface area contributed by atoms with Crippen molar-refractivity contribution in [3.05, 3.63) is 64.7 Å². The van der Waals surface area contributed by atoms with Gasteiger partial charge >= 0.3 is 0 Å². The molecule has 0 saturated carbocycles. The number of ether oxygens (including phenoxy) is 1. The summed E-state index contributed by atoms with van der Waals surface area (Å²) >= 11 is 6.07. The van der Waals surface area contributed by atoms with Gasteiger partial charge in [-0.1, -0.05) is 41.4 Å². The van der Waals surface area contributed by atoms with E-state index in [4.69, 9.17) is 16.3 Å². The van der Waals surface area contributed by atoms with E-state index in [2.05, 4.69) is 5.32 Å². The van der Waals surface area contributed by atoms with Gasteiger partial charge in [0.2, 0.25) is 0 Å². The molecule has 142 valence electrons. The Morgan fingerprint density at radius 2 is 1.78 bits per heavy atom. The van der Waals surface area contributed by atoms with Crippen LogP contribution in [0.25, 0.3) is 0 Å². The molecule has 0 aromatic heterocycles. The smallest absolute Gasteiger partial charge is 0.260 e. The van der Waals surface area contributed by atoms with E-state index in [1.54, 1.807) is 29.2 Å². The van der Waals surface area contributed by atoms with Crippen molar-refractivity contribution in [2.75, 3.05) is 19.7 Å². The number of piperidine rings is 1. The van der Waals surface area contributed by atoms with Crippen molar-refractivity contribution in [1.82, 2.24) is 10.2 Å². The summed E-state index contributed by atoms with van der Waals surface area (Å²) in [5, 5.41) is 3.45. The van der Waals surface area contributed by atoms with Crippen LogP contribution in [-0.4, -0.2) is 42.5 Å². The molecule has 2 amide bonds. The molecular formula is C21H23ClN2O3. The largest absolute Gasteiger partial charge is 0.484 e. The zero-order chi connectivity index (χ0) is 19.2. The first-order valence-electron chi connectivity index (χ1n) is 9.05. The van der Waals surface area contributed by atoms with Crippen molar-refractivity contribution in [2.45, 2.75) is 25.8 Å². The number of halogens is 1. The highest BCUT2D eigenvalue weighted by atomic mass is 35.5. The zero-order valence-electron chi connectivity index (χ0n) is 15.3. The minimum atomic E-state index is -0.173. The number of rotatable bonds is 5. The number of hydrogen-bond acceptors (Lipinski definition) is 3. The van der Waals surface area contributed by atoms with E-state index in [1.807, 2.05) is 31.2 Å². The lowest BCUT2D eigenvalue weighted by Crippen LogP contribution is -2.47. The minimum Gasteiger partial charge on any atom is -0.484 e. The van der Waals surface area contributed by atoms with Crippen LogP contribution in [0.4, 0.5) is 0 Å². The van der Waals surface area contributed by atoms with E-state index in [-0.39, 0.29) is 24.5 Å². The van der Waals surface area contributed by atoms with E-state index >= 15 is 0 Å². The standard InChI is InChI=1S/C21H23ClN2O3/c1-15-6-8-17(9-7-15)27-14-20(25)24-12-10-16(11-13-24)23-21(26)18-4-2-3-5-19(18)22/h2-9,16H,10-14H2,1H3,(H,23,26). The maximum absolute atomic E-state index is 12.3. The van der Waals surface area contributed by atoms with Crippen molar-refractivity contribution in [3.8, 4) is 5.75 Å². The van der Waals surface area contributed by atoms with Gasteiger partial charge in [0.1, 0.15) is 5.75 Å². The Labute approximate surface area is 164 Å². The molecule has 0 atom stereocenters. The van der Waals surface area contributed by atoms with E-state index < -0.39 is 0 Å². The Morgan fingerprint density at radius 3 is 2.44 bits per heavy atom. The van der Waals surface area contributed by atoms with Crippen LogP contribution >= 0.6 is 11.6 Å². The van der Waals surface area contributed by atoms with Gasteiger partial charge in [0.15, 0.2) is 6.61 Å². The lowest BCUT2D eigenvalue weighted by molar-refractivity contribution is -0.134. The number of aryl methyl sites for hydroxylation is 1. The Kier molecular flexibility index (Phi) is 6.35. The molecule has 1 N–H and O–H groups in total. The van der Waals surface area contributed by atoms with E-state index in [0.29, 0.717) is 42.3 Å². The number of benzene rings is 2. The van der Waals surface area contributed by atoms with Crippen molar-refractivity contribution in [2.24, 2.45) is 0 Å². The summed E-state index contributed by atoms with van der Waals surface area (Å²) in [6, 6.07) is 14.6. The van der Waals surface area contributed by atoms with Crippen molar-refractivity contribution in [3.63, 3.8) is 0 Å². The Bertz CT molecular complexity index is 799. The van der Waals surface area contributed by atoms with Crippen LogP contribution in [0.15, 0.2) is 48.5 Å². The molecule has 5 nitrogen and oxygen atoms in total. The third-order valence-corrected chi connectivity index (χ3v) is 5.01. The Balaban J connectivity index is 1.44. The minimum absolute atomic E-state index is 0.0275. The van der Waals surface area contributed by atoms with Crippen molar-refractivity contribution < 1.29 is 14.3 Å². The summed E-state index contributed by atoms with van der Waals surface area (Å²) in [7, 11) is 0. The summed E-state index contributed by atoms with van der Waals surface area (Å²) in [5.74, 6) is 0.482. The van der Waals surface area contributed by atoms with Gasteiger partial charge < -0.3 is 15.0 Å². The van der Waals surface area contributed by atoms with Gasteiger partial charge in [0, 0.05) is 19.1 Å². The topological polar surface area (TPSA) is 58.6 Å². The predicted octanol–water partition coefficient (Wildman–Crippen LogP) is 3.45. The highest BCUT2D eigenvalue weighted by Gasteiger charge is 2.24. The van der Waals surface area contributed by atoms with Gasteiger partial charge in [-0.05, 0) is 44.0 Å². The van der Waals surface area contributed by atoms with Crippen LogP contribution in [-0.2, 0) is 4.79 Å². The van der Waals surface area contributed by atoms with Gasteiger partial charge in [-0.2, -0.15) is 0 Å². The number of likely N-dealkylation sites (tertiary alicyclic amines) is 1. The molecule has 1 fully saturated rings. The van der Waals surface area contributed by atoms with E-state index in [1.165, 1.54) is 0 Å². The van der Waals surface area contributed by atoms with Gasteiger partial charge in [-0.25, -0.2) is 0 Å². The molecule has 0 aliphatic carbocycles. The molecule has 1 heterocycles. The van der Waals surface area contributed by atoms with Gasteiger partial charge in [-0.3, -0.25) is 9.59 Å². The third kappa shape index (κ3) is 5.23. The fraction of sp³-hybridized carbons (Fsp3) is 0.333. The molecule has 0 radical (unpaired) electrons. The molecule has 0 spiro atoms. The molecule has 1 saturated heterocycles. The highest BCUT2D eigenvalue weighted by molar-refractivity contribution is 6.33. The zero-order valence-corrected chi connectivity index (χ0v) is 16.0. The van der Waals surface area contributed by atoms with Crippen LogP contribution in [0, 0.1) is 6.92 Å². The molecular weight excluding hydrogens is 364 g/mol. The molecule has 0 unspecified atom stereocenters. The SMILES string of the molecule is Cc1ccc(OCC(=O)N2CCC(NC(=O)c3ccccc3Cl)CC2)cc1. The Morgan fingerprint density at radius 1 is 1.11 bits per heavy atom. The first kappa shape index (κ1) is 19.2. The highest BCUT2D eigenvalue weighted by Crippen LogP contribution is 2.17. The normalized spacial score (nSPS) is 14.7. The second kappa shape index (κ2) is 8.91. The number of nitrogens with zero attached hydrogens (tertiary/aromatic N) is 1. The lowest BCUT2D eigenvalue weighted by atomic mass is 10.0. The molecule has 2 aromatic carbocycles. The number of carbonyl (C=O) groups is 2. The first-order valence-corrected chi connectivity index (χ1v) is 9.43. The molecule has 2 aromatic rings. The van der Waals surface area contributed by atoms with Gasteiger partial charge in [-0.15, -0.1) is 0 Å². The maximum Gasteiger partial charge on any atom is 0.260 e. The van der Waals surface area contributed by atoms with E-state index in [0.717, 1.165) is 5.56 Å². The molecule has 0 bridgehead atoms. The molecule has 1 aliphatic rings. The Hall–Kier alpha value is -2.53. The average Bonchev–Trinajstić information content (AvgIpc) is 2.68.